The minimum Gasteiger partial charge on any atom is -0.481 e. The van der Waals surface area contributed by atoms with E-state index in [0.29, 0.717) is 12.8 Å². The summed E-state index contributed by atoms with van der Waals surface area (Å²) in [5.74, 6) is -1.33. The van der Waals surface area contributed by atoms with Gasteiger partial charge in [0.15, 0.2) is 0 Å². The van der Waals surface area contributed by atoms with Gasteiger partial charge in [-0.2, -0.15) is 0 Å². The summed E-state index contributed by atoms with van der Waals surface area (Å²) in [5.41, 5.74) is 0. The number of aliphatic carboxylic acids is 1. The second-order valence-electron chi connectivity index (χ2n) is 10.9. The predicted molar refractivity (Wildman–Crippen MR) is 137 cm³/mol. The minimum atomic E-state index is -0.899. The quantitative estimate of drug-likeness (QED) is 0.118. The van der Waals surface area contributed by atoms with Crippen LogP contribution in [0.3, 0.4) is 0 Å². The first-order valence-electron chi connectivity index (χ1n) is 13.9. The summed E-state index contributed by atoms with van der Waals surface area (Å²) in [7, 11) is 0. The first kappa shape index (κ1) is 29.7. The number of rotatable bonds is 19. The number of carboxylic acids is 1. The molecule has 1 aliphatic carbocycles. The number of carbonyl (C=O) groups is 2. The standard InChI is InChI=1S/C29H52O4/c1-23(2)19-15-13-11-9-7-5-6-8-10-12-14-16-22-27(24(3)4)33-29(32)26-21-18-17-20-25(26)28(30)31/h17-18,23-27H,5-16,19-22H2,1-4H3,(H,30,31). The molecule has 0 saturated heterocycles. The molecule has 3 atom stereocenters. The fraction of sp³-hybridized carbons (Fsp3) is 0.862. The molecule has 0 radical (unpaired) electrons. The van der Waals surface area contributed by atoms with Crippen LogP contribution in [0.2, 0.25) is 0 Å². The Labute approximate surface area is 203 Å². The fourth-order valence-electron chi connectivity index (χ4n) is 4.78. The lowest BCUT2D eigenvalue weighted by atomic mass is 9.83. The normalized spacial score (nSPS) is 19.2. The van der Waals surface area contributed by atoms with Crippen LogP contribution in [-0.2, 0) is 14.3 Å². The van der Waals surface area contributed by atoms with Crippen molar-refractivity contribution in [2.45, 2.75) is 137 Å². The Balaban J connectivity index is 2.09. The van der Waals surface area contributed by atoms with Crippen molar-refractivity contribution in [2.24, 2.45) is 23.7 Å². The maximum Gasteiger partial charge on any atom is 0.310 e. The Morgan fingerprint density at radius 1 is 0.727 bits per heavy atom. The number of esters is 1. The SMILES string of the molecule is CC(C)CCCCCCCCCCCCCCC(OC(=O)C1CC=CCC1C(=O)O)C(C)C. The minimum absolute atomic E-state index is 0.113. The molecule has 0 aromatic carbocycles. The molecule has 1 rings (SSSR count). The van der Waals surface area contributed by atoms with Crippen LogP contribution in [0.1, 0.15) is 130 Å². The highest BCUT2D eigenvalue weighted by molar-refractivity contribution is 5.81. The van der Waals surface area contributed by atoms with Gasteiger partial charge >= 0.3 is 11.9 Å². The number of allylic oxidation sites excluding steroid dienone is 2. The van der Waals surface area contributed by atoms with E-state index in [0.717, 1.165) is 18.8 Å². The van der Waals surface area contributed by atoms with E-state index in [9.17, 15) is 14.7 Å². The molecule has 0 aromatic heterocycles. The van der Waals surface area contributed by atoms with Crippen LogP contribution in [0, 0.1) is 23.7 Å². The van der Waals surface area contributed by atoms with Crippen LogP contribution in [0.25, 0.3) is 0 Å². The van der Waals surface area contributed by atoms with Crippen molar-refractivity contribution in [1.29, 1.82) is 0 Å². The number of unbranched alkanes of at least 4 members (excludes halogenated alkanes) is 11. The second-order valence-corrected chi connectivity index (χ2v) is 10.9. The highest BCUT2D eigenvalue weighted by atomic mass is 16.5. The van der Waals surface area contributed by atoms with E-state index in [-0.39, 0.29) is 18.0 Å². The van der Waals surface area contributed by atoms with Crippen molar-refractivity contribution in [2.75, 3.05) is 0 Å². The molecule has 1 N–H and O–H groups in total. The largest absolute Gasteiger partial charge is 0.481 e. The summed E-state index contributed by atoms with van der Waals surface area (Å²) in [6, 6.07) is 0. The molecule has 0 aromatic rings. The van der Waals surface area contributed by atoms with Gasteiger partial charge in [0.05, 0.1) is 11.8 Å². The number of hydrogen-bond acceptors (Lipinski definition) is 3. The Morgan fingerprint density at radius 2 is 1.15 bits per heavy atom. The van der Waals surface area contributed by atoms with Crippen molar-refractivity contribution in [3.8, 4) is 0 Å². The van der Waals surface area contributed by atoms with Gasteiger partial charge < -0.3 is 9.84 Å². The Bertz CT molecular complexity index is 552. The molecule has 0 saturated carbocycles. The third kappa shape index (κ3) is 13.9. The zero-order valence-corrected chi connectivity index (χ0v) is 22.0. The third-order valence-electron chi connectivity index (χ3n) is 7.08. The van der Waals surface area contributed by atoms with Crippen LogP contribution in [0.5, 0.6) is 0 Å². The van der Waals surface area contributed by atoms with Gasteiger partial charge in [-0.1, -0.05) is 117 Å². The molecule has 33 heavy (non-hydrogen) atoms. The number of ether oxygens (including phenoxy) is 1. The first-order chi connectivity index (χ1) is 15.8. The zero-order valence-electron chi connectivity index (χ0n) is 22.0. The van der Waals surface area contributed by atoms with Crippen molar-refractivity contribution >= 4 is 11.9 Å². The van der Waals surface area contributed by atoms with E-state index in [2.05, 4.69) is 27.7 Å². The fourth-order valence-corrected chi connectivity index (χ4v) is 4.78. The van der Waals surface area contributed by atoms with Gasteiger partial charge in [-0.25, -0.2) is 0 Å². The Kier molecular flexibility index (Phi) is 16.3. The van der Waals surface area contributed by atoms with Crippen LogP contribution in [0.4, 0.5) is 0 Å². The summed E-state index contributed by atoms with van der Waals surface area (Å²) in [6.07, 6.45) is 22.7. The summed E-state index contributed by atoms with van der Waals surface area (Å²) in [4.78, 5) is 24.1. The molecule has 0 heterocycles. The average molecular weight is 465 g/mol. The summed E-state index contributed by atoms with van der Waals surface area (Å²) >= 11 is 0. The summed E-state index contributed by atoms with van der Waals surface area (Å²) in [5, 5.41) is 9.41. The summed E-state index contributed by atoms with van der Waals surface area (Å²) < 4.78 is 5.81. The highest BCUT2D eigenvalue weighted by Crippen LogP contribution is 2.29. The van der Waals surface area contributed by atoms with E-state index < -0.39 is 17.8 Å². The molecule has 0 aliphatic heterocycles. The highest BCUT2D eigenvalue weighted by Gasteiger charge is 2.36. The van der Waals surface area contributed by atoms with E-state index in [1.165, 1.54) is 77.0 Å². The van der Waals surface area contributed by atoms with Crippen molar-refractivity contribution in [3.63, 3.8) is 0 Å². The monoisotopic (exact) mass is 464 g/mol. The molecule has 192 valence electrons. The molecule has 0 fully saturated rings. The second kappa shape index (κ2) is 18.1. The molecule has 3 unspecified atom stereocenters. The third-order valence-corrected chi connectivity index (χ3v) is 7.08. The Hall–Kier alpha value is -1.32. The van der Waals surface area contributed by atoms with Gasteiger partial charge in [0.1, 0.15) is 6.10 Å². The number of carboxylic acid groups (broad SMARTS) is 1. The van der Waals surface area contributed by atoms with E-state index in [1.54, 1.807) is 0 Å². The maximum atomic E-state index is 12.7. The molecule has 0 bridgehead atoms. The first-order valence-corrected chi connectivity index (χ1v) is 13.9. The van der Waals surface area contributed by atoms with Crippen LogP contribution in [0.15, 0.2) is 12.2 Å². The van der Waals surface area contributed by atoms with Gasteiger partial charge in [-0.15, -0.1) is 0 Å². The molecule has 1 aliphatic rings. The topological polar surface area (TPSA) is 63.6 Å². The maximum absolute atomic E-state index is 12.7. The van der Waals surface area contributed by atoms with Gasteiger partial charge in [-0.3, -0.25) is 9.59 Å². The predicted octanol–water partition coefficient (Wildman–Crippen LogP) is 8.34. The lowest BCUT2D eigenvalue weighted by molar-refractivity contribution is -0.164. The Morgan fingerprint density at radius 3 is 1.58 bits per heavy atom. The van der Waals surface area contributed by atoms with Crippen LogP contribution >= 0.6 is 0 Å². The lowest BCUT2D eigenvalue weighted by Gasteiger charge is -2.28. The van der Waals surface area contributed by atoms with Crippen molar-refractivity contribution in [3.05, 3.63) is 12.2 Å². The molecule has 0 amide bonds. The molecular formula is C29H52O4. The van der Waals surface area contributed by atoms with Crippen LogP contribution < -0.4 is 0 Å². The van der Waals surface area contributed by atoms with E-state index in [1.807, 2.05) is 12.2 Å². The molecular weight excluding hydrogens is 412 g/mol. The summed E-state index contributed by atoms with van der Waals surface area (Å²) in [6.45, 7) is 8.78. The number of carbonyl (C=O) groups excluding carboxylic acids is 1. The van der Waals surface area contributed by atoms with Gasteiger partial charge in [0, 0.05) is 0 Å². The van der Waals surface area contributed by atoms with Gasteiger partial charge in [0.25, 0.3) is 0 Å². The van der Waals surface area contributed by atoms with Crippen molar-refractivity contribution in [1.82, 2.24) is 0 Å². The smallest absolute Gasteiger partial charge is 0.310 e. The molecule has 4 heteroatoms. The number of hydrogen-bond donors (Lipinski definition) is 1. The van der Waals surface area contributed by atoms with Crippen LogP contribution in [-0.4, -0.2) is 23.1 Å². The molecule has 4 nitrogen and oxygen atoms in total. The van der Waals surface area contributed by atoms with Gasteiger partial charge in [0.2, 0.25) is 0 Å². The molecule has 0 spiro atoms. The van der Waals surface area contributed by atoms with Gasteiger partial charge in [-0.05, 0) is 37.5 Å². The lowest BCUT2D eigenvalue weighted by Crippen LogP contribution is -2.35. The van der Waals surface area contributed by atoms with Crippen molar-refractivity contribution < 1.29 is 19.4 Å². The zero-order chi connectivity index (χ0) is 24.5. The van der Waals surface area contributed by atoms with E-state index >= 15 is 0 Å². The average Bonchev–Trinajstić information content (AvgIpc) is 2.77. The van der Waals surface area contributed by atoms with E-state index in [4.69, 9.17) is 4.74 Å².